The van der Waals surface area contributed by atoms with Crippen molar-refractivity contribution in [2.24, 2.45) is 5.92 Å². The van der Waals surface area contributed by atoms with Gasteiger partial charge in [-0.1, -0.05) is 0 Å². The first-order chi connectivity index (χ1) is 5.70. The number of hydrogen-bond donors (Lipinski definition) is 2. The van der Waals surface area contributed by atoms with Crippen molar-refractivity contribution < 1.29 is 4.79 Å². The molecule has 0 unspecified atom stereocenters. The van der Waals surface area contributed by atoms with Crippen molar-refractivity contribution in [3.05, 3.63) is 0 Å². The van der Waals surface area contributed by atoms with E-state index in [0.29, 0.717) is 0 Å². The van der Waals surface area contributed by atoms with Gasteiger partial charge in [-0.2, -0.15) is 0 Å². The Hall–Kier alpha value is -0.570. The van der Waals surface area contributed by atoms with E-state index in [2.05, 4.69) is 10.6 Å². The number of hydrogen-bond acceptors (Lipinski definition) is 2. The molecule has 3 nitrogen and oxygen atoms in total. The molecule has 0 bridgehead atoms. The Labute approximate surface area is 73.9 Å². The number of amides is 1. The minimum Gasteiger partial charge on any atom is -0.354 e. The summed E-state index contributed by atoms with van der Waals surface area (Å²) < 4.78 is 0. The van der Waals surface area contributed by atoms with E-state index in [1.807, 2.05) is 13.8 Å². The van der Waals surface area contributed by atoms with Gasteiger partial charge in [0.15, 0.2) is 0 Å². The zero-order chi connectivity index (χ0) is 8.97. The highest BCUT2D eigenvalue weighted by molar-refractivity contribution is 5.79. The minimum atomic E-state index is 0.196. The SMILES string of the molecule is CC(C)NC(=O)[C@@H]1CCCNC1. The first-order valence-corrected chi connectivity index (χ1v) is 4.71. The molecule has 3 heteroatoms. The fourth-order valence-electron chi connectivity index (χ4n) is 1.48. The number of nitrogens with one attached hydrogen (secondary N) is 2. The van der Waals surface area contributed by atoms with Crippen LogP contribution >= 0.6 is 0 Å². The van der Waals surface area contributed by atoms with Crippen molar-refractivity contribution in [3.63, 3.8) is 0 Å². The Bertz CT molecular complexity index is 151. The largest absolute Gasteiger partial charge is 0.354 e. The van der Waals surface area contributed by atoms with Crippen LogP contribution < -0.4 is 10.6 Å². The molecule has 12 heavy (non-hydrogen) atoms. The van der Waals surface area contributed by atoms with Crippen LogP contribution in [-0.4, -0.2) is 25.0 Å². The molecular formula is C9H18N2O. The van der Waals surface area contributed by atoms with E-state index in [4.69, 9.17) is 0 Å². The third kappa shape index (κ3) is 2.81. The van der Waals surface area contributed by atoms with E-state index >= 15 is 0 Å². The van der Waals surface area contributed by atoms with Crippen LogP contribution in [0.4, 0.5) is 0 Å². The van der Waals surface area contributed by atoms with Crippen LogP contribution in [0.3, 0.4) is 0 Å². The average Bonchev–Trinajstić information content (AvgIpc) is 2.05. The number of carbonyl (C=O) groups is 1. The lowest BCUT2D eigenvalue weighted by atomic mass is 9.98. The second-order valence-electron chi connectivity index (χ2n) is 3.71. The topological polar surface area (TPSA) is 41.1 Å². The molecule has 2 N–H and O–H groups in total. The zero-order valence-electron chi connectivity index (χ0n) is 7.89. The molecule has 70 valence electrons. The van der Waals surface area contributed by atoms with Crippen molar-refractivity contribution >= 4 is 5.91 Å². The molecule has 0 aromatic rings. The Morgan fingerprint density at radius 3 is 2.83 bits per heavy atom. The highest BCUT2D eigenvalue weighted by Gasteiger charge is 2.20. The minimum absolute atomic E-state index is 0.196. The lowest BCUT2D eigenvalue weighted by Crippen LogP contribution is -2.42. The van der Waals surface area contributed by atoms with Gasteiger partial charge in [-0.15, -0.1) is 0 Å². The summed E-state index contributed by atoms with van der Waals surface area (Å²) >= 11 is 0. The molecule has 0 aromatic heterocycles. The summed E-state index contributed by atoms with van der Waals surface area (Å²) in [7, 11) is 0. The van der Waals surface area contributed by atoms with Gasteiger partial charge in [-0.25, -0.2) is 0 Å². The van der Waals surface area contributed by atoms with E-state index in [9.17, 15) is 4.79 Å². The molecule has 1 heterocycles. The third-order valence-electron chi connectivity index (χ3n) is 2.10. The van der Waals surface area contributed by atoms with E-state index < -0.39 is 0 Å². The highest BCUT2D eigenvalue weighted by Crippen LogP contribution is 2.09. The number of piperidine rings is 1. The van der Waals surface area contributed by atoms with Gasteiger partial charge in [0.05, 0.1) is 5.92 Å². The molecule has 1 saturated heterocycles. The van der Waals surface area contributed by atoms with Gasteiger partial charge in [0.1, 0.15) is 0 Å². The van der Waals surface area contributed by atoms with Crippen LogP contribution in [0.25, 0.3) is 0 Å². The van der Waals surface area contributed by atoms with Gasteiger partial charge in [0.25, 0.3) is 0 Å². The fraction of sp³-hybridized carbons (Fsp3) is 0.889. The maximum atomic E-state index is 11.5. The van der Waals surface area contributed by atoms with Crippen LogP contribution in [0.15, 0.2) is 0 Å². The molecular weight excluding hydrogens is 152 g/mol. The highest BCUT2D eigenvalue weighted by atomic mass is 16.1. The van der Waals surface area contributed by atoms with Crippen LogP contribution in [0.2, 0.25) is 0 Å². The van der Waals surface area contributed by atoms with Crippen LogP contribution in [-0.2, 0) is 4.79 Å². The van der Waals surface area contributed by atoms with Crippen molar-refractivity contribution in [3.8, 4) is 0 Å². The standard InChI is InChI=1S/C9H18N2O/c1-7(2)11-9(12)8-4-3-5-10-6-8/h7-8,10H,3-6H2,1-2H3,(H,11,12)/t8-/m1/s1. The number of rotatable bonds is 2. The lowest BCUT2D eigenvalue weighted by molar-refractivity contribution is -0.125. The first-order valence-electron chi connectivity index (χ1n) is 4.71. The van der Waals surface area contributed by atoms with Crippen LogP contribution in [0.1, 0.15) is 26.7 Å². The molecule has 0 aliphatic carbocycles. The van der Waals surface area contributed by atoms with E-state index in [0.717, 1.165) is 25.9 Å². The van der Waals surface area contributed by atoms with Gasteiger partial charge in [0.2, 0.25) is 5.91 Å². The van der Waals surface area contributed by atoms with Crippen molar-refractivity contribution in [1.29, 1.82) is 0 Å². The smallest absolute Gasteiger partial charge is 0.224 e. The van der Waals surface area contributed by atoms with Crippen LogP contribution in [0.5, 0.6) is 0 Å². The number of carbonyl (C=O) groups excluding carboxylic acids is 1. The zero-order valence-corrected chi connectivity index (χ0v) is 7.89. The quantitative estimate of drug-likeness (QED) is 0.634. The summed E-state index contributed by atoms with van der Waals surface area (Å²) in [5.74, 6) is 0.401. The fourth-order valence-corrected chi connectivity index (χ4v) is 1.48. The summed E-state index contributed by atoms with van der Waals surface area (Å²) in [6.45, 7) is 5.90. The second kappa shape index (κ2) is 4.45. The molecule has 0 saturated carbocycles. The molecule has 1 aliphatic heterocycles. The summed E-state index contributed by atoms with van der Waals surface area (Å²) in [5, 5.41) is 6.16. The Morgan fingerprint density at radius 2 is 2.33 bits per heavy atom. The normalized spacial score (nSPS) is 24.1. The first kappa shape index (κ1) is 9.52. The molecule has 1 atom stereocenters. The summed E-state index contributed by atoms with van der Waals surface area (Å²) in [6, 6.07) is 0.263. The Balaban J connectivity index is 2.30. The Kier molecular flexibility index (Phi) is 3.53. The summed E-state index contributed by atoms with van der Waals surface area (Å²) in [4.78, 5) is 11.5. The van der Waals surface area contributed by atoms with E-state index in [1.165, 1.54) is 0 Å². The van der Waals surface area contributed by atoms with E-state index in [-0.39, 0.29) is 17.9 Å². The van der Waals surface area contributed by atoms with Crippen molar-refractivity contribution in [2.45, 2.75) is 32.7 Å². The van der Waals surface area contributed by atoms with Crippen molar-refractivity contribution in [2.75, 3.05) is 13.1 Å². The van der Waals surface area contributed by atoms with Gasteiger partial charge in [-0.3, -0.25) is 4.79 Å². The molecule has 0 radical (unpaired) electrons. The predicted molar refractivity (Wildman–Crippen MR) is 48.9 cm³/mol. The monoisotopic (exact) mass is 170 g/mol. The molecule has 0 spiro atoms. The predicted octanol–water partition coefficient (Wildman–Crippen LogP) is 0.511. The average molecular weight is 170 g/mol. The van der Waals surface area contributed by atoms with Crippen LogP contribution in [0, 0.1) is 5.92 Å². The third-order valence-corrected chi connectivity index (χ3v) is 2.10. The van der Waals surface area contributed by atoms with E-state index in [1.54, 1.807) is 0 Å². The summed E-state index contributed by atoms with van der Waals surface area (Å²) in [5.41, 5.74) is 0. The molecule has 1 aliphatic rings. The van der Waals surface area contributed by atoms with Gasteiger partial charge in [0, 0.05) is 12.6 Å². The molecule has 0 aromatic carbocycles. The van der Waals surface area contributed by atoms with Gasteiger partial charge in [-0.05, 0) is 33.2 Å². The molecule has 1 fully saturated rings. The maximum absolute atomic E-state index is 11.5. The Morgan fingerprint density at radius 1 is 1.58 bits per heavy atom. The summed E-state index contributed by atoms with van der Waals surface area (Å²) in [6.07, 6.45) is 2.15. The van der Waals surface area contributed by atoms with Gasteiger partial charge < -0.3 is 10.6 Å². The molecule has 1 amide bonds. The van der Waals surface area contributed by atoms with Crippen molar-refractivity contribution in [1.82, 2.24) is 10.6 Å². The lowest BCUT2D eigenvalue weighted by Gasteiger charge is -2.22. The second-order valence-corrected chi connectivity index (χ2v) is 3.71. The molecule has 1 rings (SSSR count). The maximum Gasteiger partial charge on any atom is 0.224 e. The van der Waals surface area contributed by atoms with Gasteiger partial charge >= 0.3 is 0 Å².